The van der Waals surface area contributed by atoms with Crippen molar-refractivity contribution in [1.82, 2.24) is 29.1 Å². The van der Waals surface area contributed by atoms with E-state index < -0.39 is 32.6 Å². The van der Waals surface area contributed by atoms with Gasteiger partial charge in [0.2, 0.25) is 12.5 Å². The number of aromatic amines is 1. The fourth-order valence-electron chi connectivity index (χ4n) is 10.1. The van der Waals surface area contributed by atoms with Crippen LogP contribution in [0.15, 0.2) is 95.0 Å². The van der Waals surface area contributed by atoms with Gasteiger partial charge in [0.15, 0.2) is 11.2 Å². The number of aromatic nitrogens is 4. The fourth-order valence-corrected chi connectivity index (χ4v) is 11.9. The van der Waals surface area contributed by atoms with Crippen molar-refractivity contribution in [2.24, 2.45) is 28.7 Å². The molecule has 7 unspecified atom stereocenters. The van der Waals surface area contributed by atoms with Gasteiger partial charge in [-0.15, -0.1) is 0 Å². The Morgan fingerprint density at radius 1 is 0.842 bits per heavy atom. The molecule has 3 aromatic carbocycles. The third-order valence-electron chi connectivity index (χ3n) is 14.5. The number of benzene rings is 3. The predicted octanol–water partition coefficient (Wildman–Crippen LogP) is 14.1. The maximum atomic E-state index is 13.9. The summed E-state index contributed by atoms with van der Waals surface area (Å²) in [6, 6.07) is 26.9. The van der Waals surface area contributed by atoms with E-state index in [1.165, 1.54) is 38.5 Å². The summed E-state index contributed by atoms with van der Waals surface area (Å²) in [5.41, 5.74) is 3.02. The zero-order valence-electron chi connectivity index (χ0n) is 47.8. The third-order valence-corrected chi connectivity index (χ3v) is 16.7. The number of fused-ring (bicyclic) bond motifs is 1. The third kappa shape index (κ3) is 16.8. The molecule has 3 heterocycles. The topological polar surface area (TPSA) is 133 Å². The molecular weight excluding hydrogens is 972 g/mol. The minimum absolute atomic E-state index is 0.0776. The van der Waals surface area contributed by atoms with Crippen LogP contribution in [-0.4, -0.2) is 99.7 Å². The molecule has 0 radical (unpaired) electrons. The predicted molar refractivity (Wildman–Crippen MR) is 309 cm³/mol. The second-order valence-corrected chi connectivity index (χ2v) is 23.8. The Bertz CT molecular complexity index is 2580. The van der Waals surface area contributed by atoms with Crippen LogP contribution in [0.5, 0.6) is 5.75 Å². The van der Waals surface area contributed by atoms with Crippen molar-refractivity contribution in [3.63, 3.8) is 0 Å². The van der Waals surface area contributed by atoms with Crippen molar-refractivity contribution >= 4 is 32.0 Å². The molecule has 2 aromatic heterocycles. The van der Waals surface area contributed by atoms with Gasteiger partial charge in [-0.05, 0) is 100.0 Å². The minimum atomic E-state index is -1.67. The highest BCUT2D eigenvalue weighted by atomic mass is 31.2. The number of rotatable bonds is 32. The number of nitrogens with zero attached hydrogens (tertiary/aromatic N) is 7. The lowest BCUT2D eigenvalue weighted by atomic mass is 9.79. The molecule has 0 saturated carbocycles. The van der Waals surface area contributed by atoms with Crippen molar-refractivity contribution < 1.29 is 23.3 Å². The molecule has 7 atom stereocenters. The van der Waals surface area contributed by atoms with Crippen LogP contribution in [0.2, 0.25) is 0 Å². The van der Waals surface area contributed by atoms with E-state index >= 15 is 0 Å². The normalized spacial score (nSPS) is 18.1. The van der Waals surface area contributed by atoms with Crippen LogP contribution in [-0.2, 0) is 24.1 Å². The van der Waals surface area contributed by atoms with Crippen LogP contribution in [0.4, 0.5) is 5.95 Å². The Morgan fingerprint density at radius 3 is 2.00 bits per heavy atom. The molecule has 414 valence electrons. The van der Waals surface area contributed by atoms with Gasteiger partial charge in [-0.2, -0.15) is 4.98 Å². The van der Waals surface area contributed by atoms with Crippen LogP contribution in [0.1, 0.15) is 156 Å². The molecule has 1 aliphatic heterocycles. The lowest BCUT2D eigenvalue weighted by molar-refractivity contribution is -0.0911. The van der Waals surface area contributed by atoms with Gasteiger partial charge in [0, 0.05) is 31.6 Å². The number of hydrogen-bond acceptors (Lipinski definition) is 10. The van der Waals surface area contributed by atoms with Gasteiger partial charge >= 0.3 is 0 Å². The van der Waals surface area contributed by atoms with Crippen LogP contribution in [0.25, 0.3) is 16.0 Å². The number of H-pyrrole nitrogens is 1. The first-order valence-corrected chi connectivity index (χ1v) is 29.2. The summed E-state index contributed by atoms with van der Waals surface area (Å²) in [5.74, 6) is 3.55. The number of hydrogen-bond donors (Lipinski definition) is 1. The summed E-state index contributed by atoms with van der Waals surface area (Å²) in [6.07, 6.45) is 11.5. The first kappa shape index (κ1) is 60.2. The summed E-state index contributed by atoms with van der Waals surface area (Å²) >= 11 is 0. The molecule has 76 heavy (non-hydrogen) atoms. The number of methoxy groups -OCH3 is 1. The highest BCUT2D eigenvalue weighted by Gasteiger charge is 2.45. The second-order valence-electron chi connectivity index (χ2n) is 22.4. The zero-order chi connectivity index (χ0) is 54.8. The molecule has 0 spiro atoms. The molecule has 1 fully saturated rings. The lowest BCUT2D eigenvalue weighted by Crippen LogP contribution is -2.39. The van der Waals surface area contributed by atoms with Crippen LogP contribution in [0.3, 0.4) is 0 Å². The summed E-state index contributed by atoms with van der Waals surface area (Å²) in [7, 11) is -0.00654. The maximum absolute atomic E-state index is 13.9. The molecular formula is C61H89N8O6P. The summed E-state index contributed by atoms with van der Waals surface area (Å²) in [6.45, 7) is 34.3. The first-order valence-electron chi connectivity index (χ1n) is 28.1. The van der Waals surface area contributed by atoms with Crippen molar-refractivity contribution in [1.29, 1.82) is 0 Å². The van der Waals surface area contributed by atoms with E-state index in [2.05, 4.69) is 149 Å². The molecule has 0 aliphatic carbocycles. The molecule has 0 amide bonds. The van der Waals surface area contributed by atoms with Crippen LogP contribution < -0.4 is 10.3 Å². The molecule has 1 aliphatic rings. The molecule has 0 bridgehead atoms. The highest BCUT2D eigenvalue weighted by molar-refractivity contribution is 7.44. The fraction of sp³-hybridized carbons (Fsp3) is 0.590. The molecule has 14 nitrogen and oxygen atoms in total. The molecule has 15 heteroatoms. The van der Waals surface area contributed by atoms with Gasteiger partial charge in [-0.3, -0.25) is 14.3 Å². The van der Waals surface area contributed by atoms with Gasteiger partial charge in [0.05, 0.1) is 32.5 Å². The maximum Gasteiger partial charge on any atom is 0.280 e. The monoisotopic (exact) mass is 1060 g/mol. The van der Waals surface area contributed by atoms with Crippen molar-refractivity contribution in [2.75, 3.05) is 40.0 Å². The average molecular weight is 1060 g/mol. The summed E-state index contributed by atoms with van der Waals surface area (Å²) in [5, 5.41) is 0. The lowest BCUT2D eigenvalue weighted by Gasteiger charge is -2.39. The molecule has 1 saturated heterocycles. The van der Waals surface area contributed by atoms with E-state index in [-0.39, 0.29) is 48.9 Å². The Kier molecular flexibility index (Phi) is 23.5. The van der Waals surface area contributed by atoms with E-state index in [0.29, 0.717) is 35.7 Å². The van der Waals surface area contributed by atoms with E-state index in [4.69, 9.17) is 39.8 Å². The zero-order valence-corrected chi connectivity index (χ0v) is 48.7. The van der Waals surface area contributed by atoms with E-state index in [1.807, 2.05) is 41.2 Å². The van der Waals surface area contributed by atoms with Crippen molar-refractivity contribution in [3.05, 3.63) is 129 Å². The standard InChI is InChI=1S/C61H89N8O6P/c1-43(2)19-17-21-47(9)33-36-67(37-34-48(10)22-18-20-44(3)4)41-64-60-65-58-57(59(70)66-60)63-42-68(58)56-39-54(75-76(73-38-35-62-12)69(45(5)6)46(7)8)55(74-56)40-72-61(50-23-15-14-16-24-50,51-27-25-49(11)26-28-51)52-29-31-53(71-13)32-30-52/h14-16,23-32,41-48,54-56H,17-22,33-40H2,1-11,13H3,(H,65,66,70). The average Bonchev–Trinajstić information content (AvgIpc) is 4.01. The summed E-state index contributed by atoms with van der Waals surface area (Å²) in [4.78, 5) is 37.1. The SMILES string of the molecule is [C-]#[N+]CCOP(OC1CC(n2cnc3c(=O)[nH]c(N=CN(CCC(C)CCCC(C)C)CCC(C)CCCC(C)C)nc32)OC1COC(c1ccccc1)(c1ccc(C)cc1)c1ccc(OC)cc1)N(C(C)C)C(C)C. The van der Waals surface area contributed by atoms with Crippen LogP contribution >= 0.6 is 8.53 Å². The smallest absolute Gasteiger partial charge is 0.280 e. The molecule has 1 N–H and O–H groups in total. The summed E-state index contributed by atoms with van der Waals surface area (Å²) < 4.78 is 37.9. The van der Waals surface area contributed by atoms with E-state index in [0.717, 1.165) is 53.9 Å². The molecule has 5 aromatic rings. The van der Waals surface area contributed by atoms with Gasteiger partial charge < -0.3 is 33.0 Å². The largest absolute Gasteiger partial charge is 0.497 e. The number of nitrogens with one attached hydrogen (secondary N) is 1. The first-order chi connectivity index (χ1) is 36.5. The minimum Gasteiger partial charge on any atom is -0.497 e. The molecule has 6 rings (SSSR count). The van der Waals surface area contributed by atoms with Crippen molar-refractivity contribution in [3.8, 4) is 5.75 Å². The van der Waals surface area contributed by atoms with Gasteiger partial charge in [0.25, 0.3) is 14.1 Å². The van der Waals surface area contributed by atoms with Crippen molar-refractivity contribution in [2.45, 2.75) is 170 Å². The van der Waals surface area contributed by atoms with E-state index in [9.17, 15) is 4.79 Å². The number of imidazole rings is 1. The van der Waals surface area contributed by atoms with Crippen LogP contribution in [0, 0.1) is 37.2 Å². The Morgan fingerprint density at radius 2 is 1.43 bits per heavy atom. The second kappa shape index (κ2) is 29.7. The quantitative estimate of drug-likeness (QED) is 0.0111. The Labute approximate surface area is 456 Å². The Hall–Kier alpha value is -5.00. The highest BCUT2D eigenvalue weighted by Crippen LogP contribution is 2.51. The number of aliphatic imine (C=N–C) groups is 1. The van der Waals surface area contributed by atoms with E-state index in [1.54, 1.807) is 13.4 Å². The van der Waals surface area contributed by atoms with Gasteiger partial charge in [-0.1, -0.05) is 152 Å². The number of ether oxygens (including phenoxy) is 3. The Balaban J connectivity index is 1.36. The van der Waals surface area contributed by atoms with Gasteiger partial charge in [-0.25, -0.2) is 21.2 Å². The van der Waals surface area contributed by atoms with Gasteiger partial charge in [0.1, 0.15) is 30.3 Å². The number of aryl methyl sites for hydroxylation is 1.